The minimum absolute atomic E-state index is 0.159. The van der Waals surface area contributed by atoms with E-state index in [1.165, 1.54) is 0 Å². The lowest BCUT2D eigenvalue weighted by atomic mass is 10.1. The van der Waals surface area contributed by atoms with E-state index in [9.17, 15) is 4.79 Å². The van der Waals surface area contributed by atoms with Crippen LogP contribution in [-0.4, -0.2) is 24.0 Å². The molecule has 0 spiro atoms. The summed E-state index contributed by atoms with van der Waals surface area (Å²) < 4.78 is 0. The van der Waals surface area contributed by atoms with Gasteiger partial charge in [-0.3, -0.25) is 4.79 Å². The summed E-state index contributed by atoms with van der Waals surface area (Å²) in [4.78, 5) is 19.1. The van der Waals surface area contributed by atoms with Gasteiger partial charge < -0.3 is 10.2 Å². The summed E-state index contributed by atoms with van der Waals surface area (Å²) in [6.45, 7) is 1.89. The molecule has 2 heterocycles. The van der Waals surface area contributed by atoms with Crippen molar-refractivity contribution < 1.29 is 4.79 Å². The zero-order chi connectivity index (χ0) is 16.1. The number of amides is 1. The number of aromatic nitrogens is 1. The summed E-state index contributed by atoms with van der Waals surface area (Å²) in [5.41, 5.74) is 2.24. The SMILES string of the molecule is N#CCc1ccc(NC(=O)c2cccnc2N2CCCC2)cc1. The molecule has 23 heavy (non-hydrogen) atoms. The van der Waals surface area contributed by atoms with E-state index in [4.69, 9.17) is 5.26 Å². The van der Waals surface area contributed by atoms with Crippen molar-refractivity contribution in [3.05, 3.63) is 53.7 Å². The second kappa shape index (κ2) is 6.93. The summed E-state index contributed by atoms with van der Waals surface area (Å²) in [6.07, 6.45) is 4.37. The van der Waals surface area contributed by atoms with Gasteiger partial charge in [-0.05, 0) is 42.7 Å². The summed E-state index contributed by atoms with van der Waals surface area (Å²) >= 11 is 0. The van der Waals surface area contributed by atoms with E-state index >= 15 is 0 Å². The Labute approximate surface area is 135 Å². The normalized spacial score (nSPS) is 13.6. The molecule has 3 rings (SSSR count). The van der Waals surface area contributed by atoms with Crippen molar-refractivity contribution in [2.45, 2.75) is 19.3 Å². The van der Waals surface area contributed by atoms with Gasteiger partial charge in [0, 0.05) is 25.0 Å². The molecule has 1 saturated heterocycles. The van der Waals surface area contributed by atoms with Gasteiger partial charge in [-0.2, -0.15) is 5.26 Å². The van der Waals surface area contributed by atoms with Crippen molar-refractivity contribution in [3.63, 3.8) is 0 Å². The van der Waals surface area contributed by atoms with Crippen molar-refractivity contribution in [1.29, 1.82) is 5.26 Å². The fraction of sp³-hybridized carbons (Fsp3) is 0.278. The Kier molecular flexibility index (Phi) is 4.53. The van der Waals surface area contributed by atoms with Crippen LogP contribution in [-0.2, 0) is 6.42 Å². The van der Waals surface area contributed by atoms with Crippen LogP contribution in [0.4, 0.5) is 11.5 Å². The molecule has 1 amide bonds. The van der Waals surface area contributed by atoms with Gasteiger partial charge in [-0.1, -0.05) is 12.1 Å². The molecule has 0 bridgehead atoms. The van der Waals surface area contributed by atoms with E-state index in [0.717, 1.165) is 37.3 Å². The Morgan fingerprint density at radius 1 is 1.22 bits per heavy atom. The minimum atomic E-state index is -0.159. The maximum atomic E-state index is 12.6. The van der Waals surface area contributed by atoms with Crippen LogP contribution in [0.5, 0.6) is 0 Å². The summed E-state index contributed by atoms with van der Waals surface area (Å²) in [5.74, 6) is 0.594. The van der Waals surface area contributed by atoms with Gasteiger partial charge >= 0.3 is 0 Å². The fourth-order valence-electron chi connectivity index (χ4n) is 2.75. The molecule has 1 aliphatic heterocycles. The minimum Gasteiger partial charge on any atom is -0.356 e. The van der Waals surface area contributed by atoms with Crippen LogP contribution in [0.25, 0.3) is 0 Å². The second-order valence-electron chi connectivity index (χ2n) is 5.55. The third-order valence-electron chi connectivity index (χ3n) is 3.93. The Bertz CT molecular complexity index is 727. The van der Waals surface area contributed by atoms with Crippen LogP contribution in [0.15, 0.2) is 42.6 Å². The molecule has 5 nitrogen and oxygen atoms in total. The highest BCUT2D eigenvalue weighted by Crippen LogP contribution is 2.23. The Balaban J connectivity index is 1.77. The molecular weight excluding hydrogens is 288 g/mol. The van der Waals surface area contributed by atoms with Crippen LogP contribution in [0.3, 0.4) is 0 Å². The van der Waals surface area contributed by atoms with Crippen LogP contribution < -0.4 is 10.2 Å². The average molecular weight is 306 g/mol. The molecule has 0 radical (unpaired) electrons. The standard InChI is InChI=1S/C18H18N4O/c19-10-9-14-5-7-15(8-6-14)21-18(23)16-4-3-11-20-17(16)22-12-1-2-13-22/h3-8,11H,1-2,9,12-13H2,(H,21,23). The molecule has 5 heteroatoms. The van der Waals surface area contributed by atoms with Crippen molar-refractivity contribution in [2.75, 3.05) is 23.3 Å². The Morgan fingerprint density at radius 3 is 2.65 bits per heavy atom. The van der Waals surface area contributed by atoms with Crippen LogP contribution in [0.1, 0.15) is 28.8 Å². The molecule has 1 fully saturated rings. The predicted octanol–water partition coefficient (Wildman–Crippen LogP) is 3.00. The molecule has 1 aliphatic rings. The number of pyridine rings is 1. The van der Waals surface area contributed by atoms with Gasteiger partial charge in [0.05, 0.1) is 18.1 Å². The highest BCUT2D eigenvalue weighted by molar-refractivity contribution is 6.07. The first-order valence-corrected chi connectivity index (χ1v) is 7.75. The van der Waals surface area contributed by atoms with Gasteiger partial charge in [0.1, 0.15) is 5.82 Å². The summed E-state index contributed by atoms with van der Waals surface area (Å²) in [6, 6.07) is 13.0. The van der Waals surface area contributed by atoms with E-state index in [1.807, 2.05) is 24.3 Å². The molecule has 1 N–H and O–H groups in total. The molecule has 1 aromatic heterocycles. The zero-order valence-corrected chi connectivity index (χ0v) is 12.8. The maximum absolute atomic E-state index is 12.6. The molecule has 0 aliphatic carbocycles. The maximum Gasteiger partial charge on any atom is 0.259 e. The number of nitrogens with one attached hydrogen (secondary N) is 1. The fourth-order valence-corrected chi connectivity index (χ4v) is 2.75. The number of carbonyl (C=O) groups excluding carboxylic acids is 1. The van der Waals surface area contributed by atoms with Crippen LogP contribution in [0, 0.1) is 11.3 Å². The largest absolute Gasteiger partial charge is 0.356 e. The van der Waals surface area contributed by atoms with E-state index in [-0.39, 0.29) is 5.91 Å². The number of rotatable bonds is 4. The number of carbonyl (C=O) groups is 1. The topological polar surface area (TPSA) is 69.0 Å². The second-order valence-corrected chi connectivity index (χ2v) is 5.55. The molecule has 116 valence electrons. The first kappa shape index (κ1) is 15.0. The van der Waals surface area contributed by atoms with E-state index in [0.29, 0.717) is 17.7 Å². The van der Waals surface area contributed by atoms with Gasteiger partial charge in [0.2, 0.25) is 0 Å². The van der Waals surface area contributed by atoms with Crippen molar-refractivity contribution in [1.82, 2.24) is 4.98 Å². The zero-order valence-electron chi connectivity index (χ0n) is 12.8. The Hall–Kier alpha value is -2.87. The number of benzene rings is 1. The summed E-state index contributed by atoms with van der Waals surface area (Å²) in [5, 5.41) is 11.6. The predicted molar refractivity (Wildman–Crippen MR) is 89.4 cm³/mol. The first-order chi connectivity index (χ1) is 11.3. The van der Waals surface area contributed by atoms with E-state index in [2.05, 4.69) is 21.3 Å². The van der Waals surface area contributed by atoms with Crippen LogP contribution >= 0.6 is 0 Å². The van der Waals surface area contributed by atoms with Gasteiger partial charge in [0.15, 0.2) is 0 Å². The Morgan fingerprint density at radius 2 is 1.96 bits per heavy atom. The molecule has 0 unspecified atom stereocenters. The monoisotopic (exact) mass is 306 g/mol. The molecule has 2 aromatic rings. The molecular formula is C18H18N4O. The lowest BCUT2D eigenvalue weighted by molar-refractivity contribution is 0.102. The molecule has 0 saturated carbocycles. The highest BCUT2D eigenvalue weighted by Gasteiger charge is 2.20. The average Bonchev–Trinajstić information content (AvgIpc) is 3.11. The lowest BCUT2D eigenvalue weighted by Crippen LogP contribution is -2.24. The van der Waals surface area contributed by atoms with Crippen LogP contribution in [0.2, 0.25) is 0 Å². The third-order valence-corrected chi connectivity index (χ3v) is 3.93. The number of hydrogen-bond donors (Lipinski definition) is 1. The third kappa shape index (κ3) is 3.49. The lowest BCUT2D eigenvalue weighted by Gasteiger charge is -2.19. The first-order valence-electron chi connectivity index (χ1n) is 7.75. The number of hydrogen-bond acceptors (Lipinski definition) is 4. The smallest absolute Gasteiger partial charge is 0.259 e. The van der Waals surface area contributed by atoms with Crippen molar-refractivity contribution in [2.24, 2.45) is 0 Å². The number of nitrogens with zero attached hydrogens (tertiary/aromatic N) is 3. The van der Waals surface area contributed by atoms with E-state index < -0.39 is 0 Å². The van der Waals surface area contributed by atoms with Gasteiger partial charge in [0.25, 0.3) is 5.91 Å². The van der Waals surface area contributed by atoms with E-state index in [1.54, 1.807) is 18.3 Å². The summed E-state index contributed by atoms with van der Waals surface area (Å²) in [7, 11) is 0. The highest BCUT2D eigenvalue weighted by atomic mass is 16.1. The van der Waals surface area contributed by atoms with Crippen molar-refractivity contribution >= 4 is 17.4 Å². The number of anilines is 2. The van der Waals surface area contributed by atoms with Gasteiger partial charge in [-0.15, -0.1) is 0 Å². The van der Waals surface area contributed by atoms with Gasteiger partial charge in [-0.25, -0.2) is 4.98 Å². The number of nitriles is 1. The van der Waals surface area contributed by atoms with Crippen molar-refractivity contribution in [3.8, 4) is 6.07 Å². The quantitative estimate of drug-likeness (QED) is 0.942. The molecule has 0 atom stereocenters. The molecule has 1 aromatic carbocycles.